The number of hydrogen-bond donors (Lipinski definition) is 1. The van der Waals surface area contributed by atoms with Crippen LogP contribution in [0.15, 0.2) is 23.3 Å². The predicted molar refractivity (Wildman–Crippen MR) is 96.8 cm³/mol. The molecule has 2 aliphatic rings. The number of piperidine rings is 1. The summed E-state index contributed by atoms with van der Waals surface area (Å²) in [6, 6.07) is 1.69. The number of hydrogen-bond acceptors (Lipinski definition) is 5. The zero-order valence-electron chi connectivity index (χ0n) is 14.8. The van der Waals surface area contributed by atoms with Crippen molar-refractivity contribution >= 4 is 5.95 Å². The van der Waals surface area contributed by atoms with Crippen molar-refractivity contribution in [3.05, 3.63) is 40.1 Å². The summed E-state index contributed by atoms with van der Waals surface area (Å²) >= 11 is 0. The summed E-state index contributed by atoms with van der Waals surface area (Å²) in [5.41, 5.74) is 2.15. The van der Waals surface area contributed by atoms with Gasteiger partial charge in [-0.3, -0.25) is 19.4 Å². The Kier molecular flexibility index (Phi) is 4.57. The molecule has 2 aromatic heterocycles. The Labute approximate surface area is 147 Å². The third-order valence-electron chi connectivity index (χ3n) is 5.24. The van der Waals surface area contributed by atoms with Gasteiger partial charge in [-0.1, -0.05) is 0 Å². The fourth-order valence-corrected chi connectivity index (χ4v) is 4.00. The van der Waals surface area contributed by atoms with E-state index in [2.05, 4.69) is 26.1 Å². The van der Waals surface area contributed by atoms with Gasteiger partial charge in [0.15, 0.2) is 0 Å². The number of aryl methyl sites for hydroxylation is 1. The number of rotatable bonds is 4. The fraction of sp³-hybridized carbons (Fsp3) is 0.611. The molecule has 2 aliphatic heterocycles. The summed E-state index contributed by atoms with van der Waals surface area (Å²) < 4.78 is 1.84. The zero-order valence-corrected chi connectivity index (χ0v) is 14.8. The predicted octanol–water partition coefficient (Wildman–Crippen LogP) is 1.48. The van der Waals surface area contributed by atoms with Crippen LogP contribution in [0.3, 0.4) is 0 Å². The summed E-state index contributed by atoms with van der Waals surface area (Å²) in [6.07, 6.45) is 8.59. The number of anilines is 1. The summed E-state index contributed by atoms with van der Waals surface area (Å²) in [7, 11) is 1.95. The molecule has 7 heteroatoms. The Hall–Kier alpha value is -2.15. The fourth-order valence-electron chi connectivity index (χ4n) is 4.00. The average Bonchev–Trinajstić information content (AvgIpc) is 3.27. The molecule has 2 aromatic rings. The lowest BCUT2D eigenvalue weighted by Crippen LogP contribution is -2.35. The van der Waals surface area contributed by atoms with Gasteiger partial charge in [0, 0.05) is 57.0 Å². The van der Waals surface area contributed by atoms with Crippen LogP contribution in [0, 0.1) is 0 Å². The minimum absolute atomic E-state index is 0.0312. The molecule has 2 saturated heterocycles. The molecule has 1 atom stereocenters. The van der Waals surface area contributed by atoms with Crippen LogP contribution in [0.4, 0.5) is 5.95 Å². The van der Waals surface area contributed by atoms with E-state index in [9.17, 15) is 4.79 Å². The molecule has 4 rings (SSSR count). The smallest absolute Gasteiger partial charge is 0.252 e. The number of aromatic nitrogens is 4. The van der Waals surface area contributed by atoms with E-state index in [0.29, 0.717) is 5.92 Å². The Morgan fingerprint density at radius 3 is 2.84 bits per heavy atom. The summed E-state index contributed by atoms with van der Waals surface area (Å²) in [6.45, 7) is 4.93. The standard InChI is InChI=1S/C18H26N6O/c1-22-11-14(10-19-22)12-23-6-4-5-15(13-23)16-9-17(25)21-18(20-16)24-7-2-3-8-24/h9-11,15H,2-8,12-13H2,1H3,(H,20,21,25). The number of nitrogens with zero attached hydrogens (tertiary/aromatic N) is 5. The van der Waals surface area contributed by atoms with Gasteiger partial charge in [-0.15, -0.1) is 0 Å². The van der Waals surface area contributed by atoms with Crippen molar-refractivity contribution in [1.82, 2.24) is 24.6 Å². The molecule has 4 heterocycles. The Morgan fingerprint density at radius 1 is 1.24 bits per heavy atom. The summed E-state index contributed by atoms with van der Waals surface area (Å²) in [5, 5.41) is 4.25. The molecule has 25 heavy (non-hydrogen) atoms. The molecule has 0 radical (unpaired) electrons. The van der Waals surface area contributed by atoms with Gasteiger partial charge in [0.05, 0.1) is 11.9 Å². The maximum Gasteiger partial charge on any atom is 0.252 e. The minimum Gasteiger partial charge on any atom is -0.342 e. The zero-order chi connectivity index (χ0) is 17.2. The molecule has 2 fully saturated rings. The summed E-state index contributed by atoms with van der Waals surface area (Å²) in [5.74, 6) is 1.08. The van der Waals surface area contributed by atoms with E-state index in [0.717, 1.165) is 57.2 Å². The van der Waals surface area contributed by atoms with Crippen LogP contribution in [-0.2, 0) is 13.6 Å². The first-order valence-electron chi connectivity index (χ1n) is 9.23. The highest BCUT2D eigenvalue weighted by molar-refractivity contribution is 5.32. The Bertz CT molecular complexity index is 776. The lowest BCUT2D eigenvalue weighted by Gasteiger charge is -2.32. The monoisotopic (exact) mass is 342 g/mol. The maximum atomic E-state index is 12.1. The molecule has 0 saturated carbocycles. The first-order chi connectivity index (χ1) is 12.2. The van der Waals surface area contributed by atoms with Crippen molar-refractivity contribution in [2.24, 2.45) is 7.05 Å². The van der Waals surface area contributed by atoms with Gasteiger partial charge < -0.3 is 4.90 Å². The third-order valence-corrected chi connectivity index (χ3v) is 5.24. The molecule has 0 aliphatic carbocycles. The molecular formula is C18H26N6O. The molecular weight excluding hydrogens is 316 g/mol. The van der Waals surface area contributed by atoms with Crippen LogP contribution in [-0.4, -0.2) is 50.8 Å². The molecule has 1 unspecified atom stereocenters. The van der Waals surface area contributed by atoms with Crippen LogP contribution < -0.4 is 10.5 Å². The van der Waals surface area contributed by atoms with E-state index in [4.69, 9.17) is 4.98 Å². The highest BCUT2D eigenvalue weighted by atomic mass is 16.1. The van der Waals surface area contributed by atoms with Gasteiger partial charge >= 0.3 is 0 Å². The van der Waals surface area contributed by atoms with E-state index in [1.165, 1.54) is 18.4 Å². The topological polar surface area (TPSA) is 70.1 Å². The first kappa shape index (κ1) is 16.3. The second-order valence-electron chi connectivity index (χ2n) is 7.28. The molecule has 134 valence electrons. The SMILES string of the molecule is Cn1cc(CN2CCCC(c3cc(=O)[nH]c(N4CCCC4)n3)C2)cn1. The van der Waals surface area contributed by atoms with E-state index < -0.39 is 0 Å². The normalized spacial score (nSPS) is 21.8. The van der Waals surface area contributed by atoms with Crippen LogP contribution in [0.5, 0.6) is 0 Å². The van der Waals surface area contributed by atoms with Gasteiger partial charge in [-0.05, 0) is 32.2 Å². The lowest BCUT2D eigenvalue weighted by atomic mass is 9.94. The lowest BCUT2D eigenvalue weighted by molar-refractivity contribution is 0.198. The maximum absolute atomic E-state index is 12.1. The second-order valence-corrected chi connectivity index (χ2v) is 7.28. The van der Waals surface area contributed by atoms with Crippen molar-refractivity contribution in [3.8, 4) is 0 Å². The van der Waals surface area contributed by atoms with Crippen LogP contribution in [0.2, 0.25) is 0 Å². The van der Waals surface area contributed by atoms with Crippen LogP contribution >= 0.6 is 0 Å². The van der Waals surface area contributed by atoms with Gasteiger partial charge in [-0.25, -0.2) is 4.98 Å². The Balaban J connectivity index is 1.49. The van der Waals surface area contributed by atoms with Crippen molar-refractivity contribution in [2.45, 2.75) is 38.1 Å². The average molecular weight is 342 g/mol. The van der Waals surface area contributed by atoms with E-state index in [1.807, 2.05) is 17.9 Å². The minimum atomic E-state index is -0.0312. The molecule has 1 N–H and O–H groups in total. The molecule has 0 aromatic carbocycles. The van der Waals surface area contributed by atoms with Gasteiger partial charge in [0.25, 0.3) is 5.56 Å². The van der Waals surface area contributed by atoms with Crippen molar-refractivity contribution in [3.63, 3.8) is 0 Å². The first-order valence-corrected chi connectivity index (χ1v) is 9.23. The quantitative estimate of drug-likeness (QED) is 0.911. The third kappa shape index (κ3) is 3.76. The van der Waals surface area contributed by atoms with E-state index >= 15 is 0 Å². The number of H-pyrrole nitrogens is 1. The van der Waals surface area contributed by atoms with Gasteiger partial charge in [0.2, 0.25) is 5.95 Å². The molecule has 0 spiro atoms. The molecule has 7 nitrogen and oxygen atoms in total. The van der Waals surface area contributed by atoms with Crippen LogP contribution in [0.1, 0.15) is 42.9 Å². The van der Waals surface area contributed by atoms with Crippen LogP contribution in [0.25, 0.3) is 0 Å². The number of likely N-dealkylation sites (tertiary alicyclic amines) is 1. The highest BCUT2D eigenvalue weighted by Crippen LogP contribution is 2.27. The summed E-state index contributed by atoms with van der Waals surface area (Å²) in [4.78, 5) is 24.5. The van der Waals surface area contributed by atoms with Crippen molar-refractivity contribution in [2.75, 3.05) is 31.1 Å². The second kappa shape index (κ2) is 7.00. The van der Waals surface area contributed by atoms with E-state index in [-0.39, 0.29) is 5.56 Å². The highest BCUT2D eigenvalue weighted by Gasteiger charge is 2.24. The largest absolute Gasteiger partial charge is 0.342 e. The van der Waals surface area contributed by atoms with Crippen molar-refractivity contribution < 1.29 is 0 Å². The van der Waals surface area contributed by atoms with Gasteiger partial charge in [-0.2, -0.15) is 5.10 Å². The number of nitrogens with one attached hydrogen (secondary N) is 1. The molecule has 0 amide bonds. The number of aromatic amines is 1. The Morgan fingerprint density at radius 2 is 2.08 bits per heavy atom. The molecule has 0 bridgehead atoms. The van der Waals surface area contributed by atoms with E-state index in [1.54, 1.807) is 6.07 Å². The van der Waals surface area contributed by atoms with Crippen molar-refractivity contribution in [1.29, 1.82) is 0 Å². The van der Waals surface area contributed by atoms with Gasteiger partial charge in [0.1, 0.15) is 0 Å².